The van der Waals surface area contributed by atoms with Crippen LogP contribution in [-0.2, 0) is 17.0 Å². The van der Waals surface area contributed by atoms with Crippen molar-refractivity contribution in [3.63, 3.8) is 0 Å². The van der Waals surface area contributed by atoms with E-state index in [2.05, 4.69) is 20.6 Å². The molecule has 0 aliphatic heterocycles. The Kier molecular flexibility index (Phi) is 6.86. The molecule has 21 heavy (non-hydrogen) atoms. The van der Waals surface area contributed by atoms with Crippen molar-refractivity contribution < 1.29 is 17.4 Å². The second kappa shape index (κ2) is 8.16. The Morgan fingerprint density at radius 1 is 1.14 bits per heavy atom. The summed E-state index contributed by atoms with van der Waals surface area (Å²) in [5.74, 6) is -0.118. The number of nitrogens with one attached hydrogen (secondary N) is 2. The van der Waals surface area contributed by atoms with E-state index in [0.29, 0.717) is 24.6 Å². The van der Waals surface area contributed by atoms with Crippen molar-refractivity contribution in [1.82, 2.24) is 9.97 Å². The van der Waals surface area contributed by atoms with E-state index in [0.717, 1.165) is 6.42 Å². The summed E-state index contributed by atoms with van der Waals surface area (Å²) >= 11 is 0. The summed E-state index contributed by atoms with van der Waals surface area (Å²) in [6, 6.07) is 1.42. The molecule has 0 spiro atoms. The molecule has 0 saturated carbocycles. The molecule has 0 aromatic carbocycles. The monoisotopic (exact) mass is 324 g/mol. The Morgan fingerprint density at radius 3 is 2.19 bits per heavy atom. The first kappa shape index (κ1) is 17.7. The molecule has 1 aromatic heterocycles. The summed E-state index contributed by atoms with van der Waals surface area (Å²) in [7, 11) is -0.977. The number of aromatic nitrogens is 2. The molecule has 0 amide bonds. The maximum absolute atomic E-state index is 12.7. The second-order valence-corrected chi connectivity index (χ2v) is 6.11. The van der Waals surface area contributed by atoms with E-state index >= 15 is 0 Å². The number of anilines is 2. The average molecular weight is 324 g/mol. The molecular weight excluding hydrogens is 305 g/mol. The lowest BCUT2D eigenvalue weighted by Gasteiger charge is -2.12. The van der Waals surface area contributed by atoms with Crippen LogP contribution in [0.4, 0.5) is 24.8 Å². The molecule has 9 heteroatoms. The third-order valence-corrected chi connectivity index (χ3v) is 3.80. The first-order valence-corrected chi connectivity index (χ1v) is 8.14. The van der Waals surface area contributed by atoms with Gasteiger partial charge in [-0.25, -0.2) is 9.97 Å². The van der Waals surface area contributed by atoms with Crippen LogP contribution in [0.5, 0.6) is 0 Å². The van der Waals surface area contributed by atoms with E-state index in [1.165, 1.54) is 6.07 Å². The van der Waals surface area contributed by atoms with Gasteiger partial charge in [-0.2, -0.15) is 13.2 Å². The van der Waals surface area contributed by atoms with Crippen LogP contribution in [0.1, 0.15) is 26.1 Å². The summed E-state index contributed by atoms with van der Waals surface area (Å²) in [6.45, 7) is 4.50. The highest BCUT2D eigenvalue weighted by molar-refractivity contribution is 7.84. The quantitative estimate of drug-likeness (QED) is 0.769. The minimum absolute atomic E-state index is 0.0732. The molecule has 1 rings (SSSR count). The number of hydrogen-bond donors (Lipinski definition) is 2. The maximum Gasteiger partial charge on any atom is 0.451 e. The standard InChI is InChI=1S/C12H19F3N4OS/c1-3-5-16-9-8-10(17-6-7-21(20)4-2)19-11(18-9)12(13,14)15/h8H,3-7H2,1-2H3,(H2,16,17,18,19). The normalized spacial score (nSPS) is 13.0. The smallest absolute Gasteiger partial charge is 0.370 e. The number of hydrogen-bond acceptors (Lipinski definition) is 5. The van der Waals surface area contributed by atoms with Crippen LogP contribution >= 0.6 is 0 Å². The van der Waals surface area contributed by atoms with Gasteiger partial charge in [-0.05, 0) is 6.42 Å². The van der Waals surface area contributed by atoms with Gasteiger partial charge in [0.2, 0.25) is 5.82 Å². The average Bonchev–Trinajstić information content (AvgIpc) is 2.43. The summed E-state index contributed by atoms with van der Waals surface area (Å²) in [5, 5.41) is 5.56. The van der Waals surface area contributed by atoms with Crippen molar-refractivity contribution in [3.8, 4) is 0 Å². The van der Waals surface area contributed by atoms with Gasteiger partial charge in [0.1, 0.15) is 11.6 Å². The van der Waals surface area contributed by atoms with Gasteiger partial charge in [0, 0.05) is 41.5 Å². The molecule has 0 saturated heterocycles. The molecule has 2 N–H and O–H groups in total. The van der Waals surface area contributed by atoms with Crippen molar-refractivity contribution in [2.24, 2.45) is 0 Å². The number of rotatable bonds is 8. The van der Waals surface area contributed by atoms with E-state index in [-0.39, 0.29) is 11.6 Å². The first-order valence-electron chi connectivity index (χ1n) is 6.65. The van der Waals surface area contributed by atoms with Gasteiger partial charge in [0.25, 0.3) is 0 Å². The molecule has 0 fully saturated rings. The Bertz CT molecular complexity index is 482. The molecular formula is C12H19F3N4OS. The topological polar surface area (TPSA) is 66.9 Å². The highest BCUT2D eigenvalue weighted by Gasteiger charge is 2.35. The van der Waals surface area contributed by atoms with Crippen LogP contribution in [0.25, 0.3) is 0 Å². The molecule has 0 bridgehead atoms. The Labute approximate surface area is 124 Å². The number of halogens is 3. The van der Waals surface area contributed by atoms with Gasteiger partial charge in [-0.15, -0.1) is 0 Å². The van der Waals surface area contributed by atoms with Crippen molar-refractivity contribution in [2.75, 3.05) is 35.2 Å². The molecule has 0 aliphatic carbocycles. The van der Waals surface area contributed by atoms with Gasteiger partial charge in [0.15, 0.2) is 0 Å². The fourth-order valence-electron chi connectivity index (χ4n) is 1.45. The fraction of sp³-hybridized carbons (Fsp3) is 0.667. The molecule has 1 aromatic rings. The Balaban J connectivity index is 2.83. The first-order chi connectivity index (χ1) is 9.86. The largest absolute Gasteiger partial charge is 0.451 e. The summed E-state index contributed by atoms with van der Waals surface area (Å²) < 4.78 is 49.5. The second-order valence-electron chi connectivity index (χ2n) is 4.25. The summed E-state index contributed by atoms with van der Waals surface area (Å²) in [5.41, 5.74) is 0. The van der Waals surface area contributed by atoms with Gasteiger partial charge >= 0.3 is 6.18 Å². The van der Waals surface area contributed by atoms with Crippen LogP contribution in [-0.4, -0.2) is 38.8 Å². The third-order valence-electron chi connectivity index (χ3n) is 2.49. The van der Waals surface area contributed by atoms with Crippen LogP contribution in [0, 0.1) is 0 Å². The molecule has 1 atom stereocenters. The molecule has 1 heterocycles. The highest BCUT2D eigenvalue weighted by atomic mass is 32.2. The molecule has 5 nitrogen and oxygen atoms in total. The summed E-state index contributed by atoms with van der Waals surface area (Å²) in [4.78, 5) is 6.90. The lowest BCUT2D eigenvalue weighted by atomic mass is 10.4. The Morgan fingerprint density at radius 2 is 1.71 bits per heavy atom. The highest BCUT2D eigenvalue weighted by Crippen LogP contribution is 2.28. The number of nitrogens with zero attached hydrogens (tertiary/aromatic N) is 2. The zero-order valence-electron chi connectivity index (χ0n) is 12.0. The zero-order chi connectivity index (χ0) is 15.9. The minimum atomic E-state index is -4.60. The third kappa shape index (κ3) is 6.28. The SMILES string of the molecule is CCCNc1cc(NCCS(=O)CC)nc(C(F)(F)F)n1. The van der Waals surface area contributed by atoms with Gasteiger partial charge in [0.05, 0.1) is 0 Å². The van der Waals surface area contributed by atoms with Crippen LogP contribution in [0.15, 0.2) is 6.07 Å². The van der Waals surface area contributed by atoms with Crippen molar-refractivity contribution in [3.05, 3.63) is 11.9 Å². The number of alkyl halides is 3. The van der Waals surface area contributed by atoms with Crippen molar-refractivity contribution in [1.29, 1.82) is 0 Å². The van der Waals surface area contributed by atoms with Gasteiger partial charge in [-0.3, -0.25) is 4.21 Å². The molecule has 0 aliphatic rings. The molecule has 1 unspecified atom stereocenters. The van der Waals surface area contributed by atoms with E-state index in [4.69, 9.17) is 0 Å². The van der Waals surface area contributed by atoms with Crippen LogP contribution < -0.4 is 10.6 Å². The minimum Gasteiger partial charge on any atom is -0.370 e. The molecule has 0 radical (unpaired) electrons. The fourth-order valence-corrected chi connectivity index (χ4v) is 2.06. The predicted molar refractivity (Wildman–Crippen MR) is 77.9 cm³/mol. The van der Waals surface area contributed by atoms with E-state index in [9.17, 15) is 17.4 Å². The zero-order valence-corrected chi connectivity index (χ0v) is 12.8. The lowest BCUT2D eigenvalue weighted by molar-refractivity contribution is -0.144. The Hall–Kier alpha value is -1.38. The van der Waals surface area contributed by atoms with Crippen LogP contribution in [0.2, 0.25) is 0 Å². The van der Waals surface area contributed by atoms with Gasteiger partial charge in [-0.1, -0.05) is 13.8 Å². The van der Waals surface area contributed by atoms with E-state index < -0.39 is 22.8 Å². The summed E-state index contributed by atoms with van der Waals surface area (Å²) in [6.07, 6.45) is -3.84. The van der Waals surface area contributed by atoms with Gasteiger partial charge < -0.3 is 10.6 Å². The van der Waals surface area contributed by atoms with E-state index in [1.807, 2.05) is 6.92 Å². The van der Waals surface area contributed by atoms with Crippen molar-refractivity contribution >= 4 is 22.4 Å². The van der Waals surface area contributed by atoms with Crippen molar-refractivity contribution in [2.45, 2.75) is 26.4 Å². The molecule has 120 valence electrons. The van der Waals surface area contributed by atoms with Crippen LogP contribution in [0.3, 0.4) is 0 Å². The maximum atomic E-state index is 12.7. The predicted octanol–water partition coefficient (Wildman–Crippen LogP) is 2.50. The lowest BCUT2D eigenvalue weighted by Crippen LogP contribution is -2.17. The van der Waals surface area contributed by atoms with E-state index in [1.54, 1.807) is 6.92 Å².